The number of thiocarbonyl (C=S) groups is 1. The third kappa shape index (κ3) is 4.66. The fourth-order valence-electron chi connectivity index (χ4n) is 1.49. The standard InChI is InChI=1S/C12H17N3O4S2/c1-6-7(2)21-10(9(6)11(17)19-4)13-12(20)15-14-8(16)5-18-3/h5H2,1-4H3,(H,14,16)(H2,13,15,20). The van der Waals surface area contributed by atoms with Crippen LogP contribution in [0.3, 0.4) is 0 Å². The second-order valence-corrected chi connectivity index (χ2v) is 5.67. The van der Waals surface area contributed by atoms with Crippen LogP contribution in [-0.4, -0.2) is 37.8 Å². The Bertz CT molecular complexity index is 557. The molecule has 0 fully saturated rings. The van der Waals surface area contributed by atoms with Crippen LogP contribution in [0.25, 0.3) is 0 Å². The fraction of sp³-hybridized carbons (Fsp3) is 0.417. The van der Waals surface area contributed by atoms with Crippen LogP contribution in [0.4, 0.5) is 5.00 Å². The molecule has 21 heavy (non-hydrogen) atoms. The fourth-order valence-corrected chi connectivity index (χ4v) is 2.76. The van der Waals surface area contributed by atoms with Crippen LogP contribution in [0.5, 0.6) is 0 Å². The number of anilines is 1. The summed E-state index contributed by atoms with van der Waals surface area (Å²) in [5, 5.41) is 3.59. The maximum absolute atomic E-state index is 11.8. The highest BCUT2D eigenvalue weighted by molar-refractivity contribution is 7.80. The number of esters is 1. The SMILES string of the molecule is COCC(=O)NNC(=S)Nc1sc(C)c(C)c1C(=O)OC. The minimum absolute atomic E-state index is 0.0831. The first kappa shape index (κ1) is 17.3. The smallest absolute Gasteiger partial charge is 0.341 e. The number of carbonyl (C=O) groups is 2. The van der Waals surface area contributed by atoms with Gasteiger partial charge < -0.3 is 14.8 Å². The molecule has 0 spiro atoms. The monoisotopic (exact) mass is 331 g/mol. The molecule has 1 aromatic rings. The molecule has 7 nitrogen and oxygen atoms in total. The van der Waals surface area contributed by atoms with Gasteiger partial charge in [-0.3, -0.25) is 15.6 Å². The molecule has 0 radical (unpaired) electrons. The molecular weight excluding hydrogens is 314 g/mol. The van der Waals surface area contributed by atoms with E-state index in [9.17, 15) is 9.59 Å². The van der Waals surface area contributed by atoms with Crippen molar-refractivity contribution in [2.45, 2.75) is 13.8 Å². The Balaban J connectivity index is 2.74. The van der Waals surface area contributed by atoms with Crippen molar-refractivity contribution in [3.05, 3.63) is 16.0 Å². The number of amides is 1. The number of ether oxygens (including phenoxy) is 2. The lowest BCUT2D eigenvalue weighted by atomic mass is 10.1. The Labute approximate surface area is 132 Å². The molecule has 1 rings (SSSR count). The minimum atomic E-state index is -0.439. The normalized spacial score (nSPS) is 9.90. The Morgan fingerprint density at radius 3 is 2.48 bits per heavy atom. The summed E-state index contributed by atoms with van der Waals surface area (Å²) in [6.07, 6.45) is 0. The molecule has 0 aliphatic heterocycles. The van der Waals surface area contributed by atoms with E-state index in [2.05, 4.69) is 20.9 Å². The Morgan fingerprint density at radius 2 is 1.90 bits per heavy atom. The van der Waals surface area contributed by atoms with Crippen LogP contribution < -0.4 is 16.2 Å². The lowest BCUT2D eigenvalue weighted by molar-refractivity contribution is -0.125. The average Bonchev–Trinajstić information content (AvgIpc) is 2.71. The molecule has 1 heterocycles. The van der Waals surface area contributed by atoms with E-state index in [1.165, 1.54) is 25.6 Å². The number of hydrogen-bond donors (Lipinski definition) is 3. The number of aryl methyl sites for hydroxylation is 1. The van der Waals surface area contributed by atoms with Gasteiger partial charge in [0.15, 0.2) is 5.11 Å². The van der Waals surface area contributed by atoms with Crippen molar-refractivity contribution in [3.63, 3.8) is 0 Å². The van der Waals surface area contributed by atoms with E-state index in [1.54, 1.807) is 0 Å². The molecule has 0 bridgehead atoms. The van der Waals surface area contributed by atoms with Gasteiger partial charge in [-0.05, 0) is 31.6 Å². The maximum Gasteiger partial charge on any atom is 0.341 e. The first-order valence-corrected chi connectivity index (χ1v) is 7.16. The largest absolute Gasteiger partial charge is 0.465 e. The van der Waals surface area contributed by atoms with Crippen molar-refractivity contribution in [2.24, 2.45) is 0 Å². The van der Waals surface area contributed by atoms with Gasteiger partial charge in [0.2, 0.25) is 0 Å². The predicted octanol–water partition coefficient (Wildman–Crippen LogP) is 1.12. The lowest BCUT2D eigenvalue weighted by Crippen LogP contribution is -2.45. The van der Waals surface area contributed by atoms with Gasteiger partial charge in [0, 0.05) is 12.0 Å². The van der Waals surface area contributed by atoms with Crippen LogP contribution in [0, 0.1) is 13.8 Å². The van der Waals surface area contributed by atoms with Crippen molar-refractivity contribution in [2.75, 3.05) is 26.1 Å². The molecule has 0 aliphatic carbocycles. The lowest BCUT2D eigenvalue weighted by Gasteiger charge is -2.11. The summed E-state index contributed by atoms with van der Waals surface area (Å²) in [4.78, 5) is 24.0. The van der Waals surface area contributed by atoms with Gasteiger partial charge in [-0.15, -0.1) is 11.3 Å². The Morgan fingerprint density at radius 1 is 1.24 bits per heavy atom. The van der Waals surface area contributed by atoms with E-state index in [-0.39, 0.29) is 17.6 Å². The zero-order valence-corrected chi connectivity index (χ0v) is 13.8. The van der Waals surface area contributed by atoms with Crippen LogP contribution in [0.1, 0.15) is 20.8 Å². The first-order chi connectivity index (χ1) is 9.90. The second kappa shape index (κ2) is 7.91. The quantitative estimate of drug-likeness (QED) is 0.433. The minimum Gasteiger partial charge on any atom is -0.465 e. The number of carbonyl (C=O) groups excluding carboxylic acids is 2. The second-order valence-electron chi connectivity index (χ2n) is 4.04. The number of nitrogens with one attached hydrogen (secondary N) is 3. The third-order valence-corrected chi connectivity index (χ3v) is 3.92. The number of rotatable bonds is 4. The third-order valence-electron chi connectivity index (χ3n) is 2.59. The topological polar surface area (TPSA) is 88.7 Å². The van der Waals surface area contributed by atoms with E-state index >= 15 is 0 Å². The van der Waals surface area contributed by atoms with Crippen LogP contribution >= 0.6 is 23.6 Å². The van der Waals surface area contributed by atoms with Gasteiger partial charge in [-0.25, -0.2) is 4.79 Å². The number of hydrogen-bond acceptors (Lipinski definition) is 6. The highest BCUT2D eigenvalue weighted by atomic mass is 32.1. The molecule has 0 aliphatic rings. The number of hydrazine groups is 1. The maximum atomic E-state index is 11.8. The molecule has 0 aromatic carbocycles. The van der Waals surface area contributed by atoms with E-state index in [0.29, 0.717) is 10.6 Å². The van der Waals surface area contributed by atoms with Crippen molar-refractivity contribution in [1.29, 1.82) is 0 Å². The molecule has 1 amide bonds. The highest BCUT2D eigenvalue weighted by Gasteiger charge is 2.20. The zero-order chi connectivity index (χ0) is 16.0. The summed E-state index contributed by atoms with van der Waals surface area (Å²) < 4.78 is 9.42. The van der Waals surface area contributed by atoms with Crippen molar-refractivity contribution in [3.8, 4) is 0 Å². The van der Waals surface area contributed by atoms with Gasteiger partial charge in [0.1, 0.15) is 11.6 Å². The highest BCUT2D eigenvalue weighted by Crippen LogP contribution is 2.32. The molecule has 0 atom stereocenters. The summed E-state index contributed by atoms with van der Waals surface area (Å²) in [6.45, 7) is 3.65. The molecule has 116 valence electrons. The molecular formula is C12H17N3O4S2. The van der Waals surface area contributed by atoms with E-state index in [0.717, 1.165) is 10.4 Å². The molecule has 0 saturated carbocycles. The van der Waals surface area contributed by atoms with Gasteiger partial charge in [0.05, 0.1) is 12.7 Å². The molecule has 3 N–H and O–H groups in total. The Hall–Kier alpha value is -1.71. The summed E-state index contributed by atoms with van der Waals surface area (Å²) in [5.74, 6) is -0.807. The first-order valence-electron chi connectivity index (χ1n) is 5.93. The summed E-state index contributed by atoms with van der Waals surface area (Å²) in [7, 11) is 2.73. The summed E-state index contributed by atoms with van der Waals surface area (Å²) in [5.41, 5.74) is 6.15. The summed E-state index contributed by atoms with van der Waals surface area (Å²) >= 11 is 6.43. The van der Waals surface area contributed by atoms with Gasteiger partial charge >= 0.3 is 5.97 Å². The molecule has 0 saturated heterocycles. The number of thiophene rings is 1. The van der Waals surface area contributed by atoms with Gasteiger partial charge in [-0.2, -0.15) is 0 Å². The van der Waals surface area contributed by atoms with Gasteiger partial charge in [-0.1, -0.05) is 0 Å². The van der Waals surface area contributed by atoms with Crippen molar-refractivity contribution >= 4 is 45.5 Å². The molecule has 1 aromatic heterocycles. The summed E-state index contributed by atoms with van der Waals surface area (Å²) in [6, 6.07) is 0. The van der Waals surface area contributed by atoms with Crippen molar-refractivity contribution < 1.29 is 19.1 Å². The predicted molar refractivity (Wildman–Crippen MR) is 84.5 cm³/mol. The van der Waals surface area contributed by atoms with Gasteiger partial charge in [0.25, 0.3) is 5.91 Å². The van der Waals surface area contributed by atoms with Crippen LogP contribution in [0.2, 0.25) is 0 Å². The average molecular weight is 331 g/mol. The molecule has 9 heteroatoms. The number of methoxy groups -OCH3 is 2. The molecule has 0 unspecified atom stereocenters. The van der Waals surface area contributed by atoms with Crippen LogP contribution in [-0.2, 0) is 14.3 Å². The van der Waals surface area contributed by atoms with E-state index in [4.69, 9.17) is 17.0 Å². The van der Waals surface area contributed by atoms with E-state index in [1.807, 2.05) is 13.8 Å². The Kier molecular flexibility index (Phi) is 6.53. The van der Waals surface area contributed by atoms with Crippen LogP contribution in [0.15, 0.2) is 0 Å². The van der Waals surface area contributed by atoms with E-state index < -0.39 is 5.97 Å². The zero-order valence-electron chi connectivity index (χ0n) is 12.2. The van der Waals surface area contributed by atoms with Crippen molar-refractivity contribution in [1.82, 2.24) is 10.9 Å².